The molecule has 3 aromatic rings. The molecule has 0 radical (unpaired) electrons. The number of rotatable bonds is 3. The maximum Gasteiger partial charge on any atom is 0.266 e. The molecule has 5 nitrogen and oxygen atoms in total. The van der Waals surface area contributed by atoms with Gasteiger partial charge in [0.15, 0.2) is 0 Å². The van der Waals surface area contributed by atoms with E-state index in [0.29, 0.717) is 6.04 Å². The van der Waals surface area contributed by atoms with Gasteiger partial charge in [-0.2, -0.15) is 5.10 Å². The molecule has 1 aromatic carbocycles. The number of hydrogen-bond donors (Lipinski definition) is 1. The molecular formula is C20H22N4O. The Hall–Kier alpha value is -2.69. The Balaban J connectivity index is 1.45. The van der Waals surface area contributed by atoms with E-state index >= 15 is 0 Å². The van der Waals surface area contributed by atoms with E-state index < -0.39 is 0 Å². The summed E-state index contributed by atoms with van der Waals surface area (Å²) < 4.78 is 1.63. The Kier molecular flexibility index (Phi) is 4.22. The van der Waals surface area contributed by atoms with Gasteiger partial charge >= 0.3 is 0 Å². The molecule has 1 aliphatic rings. The summed E-state index contributed by atoms with van der Waals surface area (Å²) in [7, 11) is 0. The average Bonchev–Trinajstić information content (AvgIpc) is 2.63. The predicted molar refractivity (Wildman–Crippen MR) is 99.9 cm³/mol. The van der Waals surface area contributed by atoms with E-state index in [1.807, 2.05) is 12.1 Å². The first-order valence-electron chi connectivity index (χ1n) is 8.87. The van der Waals surface area contributed by atoms with E-state index in [1.165, 1.54) is 10.9 Å². The number of benzene rings is 1. The van der Waals surface area contributed by atoms with E-state index in [-0.39, 0.29) is 11.6 Å². The summed E-state index contributed by atoms with van der Waals surface area (Å²) in [5, 5.41) is 9.01. The van der Waals surface area contributed by atoms with Gasteiger partial charge < -0.3 is 5.32 Å². The van der Waals surface area contributed by atoms with Crippen molar-refractivity contribution in [2.24, 2.45) is 0 Å². The van der Waals surface area contributed by atoms with Crippen LogP contribution in [0.4, 0.5) is 5.82 Å². The van der Waals surface area contributed by atoms with Gasteiger partial charge in [0.1, 0.15) is 5.82 Å². The molecule has 0 spiro atoms. The first-order valence-corrected chi connectivity index (χ1v) is 8.87. The van der Waals surface area contributed by atoms with Crippen LogP contribution in [0.25, 0.3) is 10.9 Å². The van der Waals surface area contributed by atoms with Crippen LogP contribution in [0.5, 0.6) is 0 Å². The molecule has 0 amide bonds. The van der Waals surface area contributed by atoms with E-state index in [1.54, 1.807) is 23.0 Å². The summed E-state index contributed by atoms with van der Waals surface area (Å²) in [6, 6.07) is 14.2. The Bertz CT molecular complexity index is 942. The van der Waals surface area contributed by atoms with Crippen LogP contribution < -0.4 is 10.9 Å². The highest BCUT2D eigenvalue weighted by atomic mass is 16.1. The SMILES string of the molecule is Cc1cc(NC2CCC(n3ncccc3=O)CC2)nc2ccccc12. The number of fused-ring (bicyclic) bond motifs is 1. The zero-order chi connectivity index (χ0) is 17.2. The van der Waals surface area contributed by atoms with E-state index in [0.717, 1.165) is 37.0 Å². The lowest BCUT2D eigenvalue weighted by Gasteiger charge is -2.29. The summed E-state index contributed by atoms with van der Waals surface area (Å²) in [4.78, 5) is 16.7. The minimum Gasteiger partial charge on any atom is -0.367 e. The molecule has 0 unspecified atom stereocenters. The zero-order valence-electron chi connectivity index (χ0n) is 14.4. The number of anilines is 1. The van der Waals surface area contributed by atoms with Gasteiger partial charge in [-0.1, -0.05) is 18.2 Å². The van der Waals surface area contributed by atoms with Crippen molar-refractivity contribution in [3.8, 4) is 0 Å². The third-order valence-corrected chi connectivity index (χ3v) is 5.06. The molecule has 128 valence electrons. The van der Waals surface area contributed by atoms with Gasteiger partial charge in [0.2, 0.25) is 0 Å². The van der Waals surface area contributed by atoms with Crippen LogP contribution in [0.15, 0.2) is 53.5 Å². The average molecular weight is 334 g/mol. The van der Waals surface area contributed by atoms with Gasteiger partial charge in [0.05, 0.1) is 11.6 Å². The number of aromatic nitrogens is 3. The molecule has 2 heterocycles. The van der Waals surface area contributed by atoms with Crippen LogP contribution >= 0.6 is 0 Å². The lowest BCUT2D eigenvalue weighted by Crippen LogP contribution is -2.33. The first kappa shape index (κ1) is 15.8. The predicted octanol–water partition coefficient (Wildman–Crippen LogP) is 3.70. The van der Waals surface area contributed by atoms with Gasteiger partial charge in [-0.05, 0) is 56.4 Å². The Labute approximate surface area is 146 Å². The molecule has 0 bridgehead atoms. The second-order valence-electron chi connectivity index (χ2n) is 6.80. The van der Waals surface area contributed by atoms with Gasteiger partial charge in [-0.15, -0.1) is 0 Å². The second-order valence-corrected chi connectivity index (χ2v) is 6.80. The van der Waals surface area contributed by atoms with Crippen LogP contribution in [0, 0.1) is 6.92 Å². The maximum atomic E-state index is 11.9. The summed E-state index contributed by atoms with van der Waals surface area (Å²) in [5.41, 5.74) is 2.26. The molecule has 1 fully saturated rings. The van der Waals surface area contributed by atoms with E-state index in [9.17, 15) is 4.79 Å². The molecule has 1 saturated carbocycles. The fourth-order valence-corrected chi connectivity index (χ4v) is 3.74. The quantitative estimate of drug-likeness (QED) is 0.793. The number of para-hydroxylation sites is 1. The van der Waals surface area contributed by atoms with Crippen molar-refractivity contribution in [3.05, 3.63) is 64.6 Å². The van der Waals surface area contributed by atoms with Crippen LogP contribution in [0.2, 0.25) is 0 Å². The second kappa shape index (κ2) is 6.67. The Morgan fingerprint density at radius 2 is 1.88 bits per heavy atom. The lowest BCUT2D eigenvalue weighted by atomic mass is 9.91. The van der Waals surface area contributed by atoms with Crippen molar-refractivity contribution in [3.63, 3.8) is 0 Å². The zero-order valence-corrected chi connectivity index (χ0v) is 14.4. The van der Waals surface area contributed by atoms with Crippen molar-refractivity contribution >= 4 is 16.7 Å². The van der Waals surface area contributed by atoms with Crippen LogP contribution in [-0.2, 0) is 0 Å². The van der Waals surface area contributed by atoms with Crippen LogP contribution in [0.3, 0.4) is 0 Å². The van der Waals surface area contributed by atoms with Crippen LogP contribution in [0.1, 0.15) is 37.3 Å². The topological polar surface area (TPSA) is 59.8 Å². The third-order valence-electron chi connectivity index (χ3n) is 5.06. The standard InChI is InChI=1S/C20H22N4O/c1-14-13-19(23-18-6-3-2-5-17(14)18)22-15-8-10-16(11-9-15)24-20(25)7-4-12-21-24/h2-7,12-13,15-16H,8-11H2,1H3,(H,22,23). The van der Waals surface area contributed by atoms with Gasteiger partial charge in [-0.3, -0.25) is 4.79 Å². The highest BCUT2D eigenvalue weighted by Gasteiger charge is 2.23. The molecule has 1 N–H and O–H groups in total. The number of nitrogens with one attached hydrogen (secondary N) is 1. The minimum atomic E-state index is -0.00858. The fourth-order valence-electron chi connectivity index (χ4n) is 3.74. The van der Waals surface area contributed by atoms with Crippen molar-refractivity contribution < 1.29 is 0 Å². The summed E-state index contributed by atoms with van der Waals surface area (Å²) in [5.74, 6) is 0.939. The minimum absolute atomic E-state index is 0.00858. The lowest BCUT2D eigenvalue weighted by molar-refractivity contribution is 0.303. The number of nitrogens with zero attached hydrogens (tertiary/aromatic N) is 3. The highest BCUT2D eigenvalue weighted by Crippen LogP contribution is 2.29. The van der Waals surface area contributed by atoms with E-state index in [4.69, 9.17) is 4.98 Å². The van der Waals surface area contributed by atoms with Gasteiger partial charge in [-0.25, -0.2) is 9.67 Å². The first-order chi connectivity index (χ1) is 12.2. The number of hydrogen-bond acceptors (Lipinski definition) is 4. The highest BCUT2D eigenvalue weighted by molar-refractivity contribution is 5.83. The van der Waals surface area contributed by atoms with Crippen molar-refractivity contribution in [2.45, 2.75) is 44.7 Å². The van der Waals surface area contributed by atoms with Crippen molar-refractivity contribution in [2.75, 3.05) is 5.32 Å². The molecule has 0 atom stereocenters. The molecule has 25 heavy (non-hydrogen) atoms. The Morgan fingerprint density at radius 3 is 2.68 bits per heavy atom. The monoisotopic (exact) mass is 334 g/mol. The van der Waals surface area contributed by atoms with E-state index in [2.05, 4.69) is 35.5 Å². The van der Waals surface area contributed by atoms with Crippen molar-refractivity contribution in [1.29, 1.82) is 0 Å². The van der Waals surface area contributed by atoms with Gasteiger partial charge in [0, 0.05) is 23.7 Å². The van der Waals surface area contributed by atoms with Crippen molar-refractivity contribution in [1.82, 2.24) is 14.8 Å². The number of pyridine rings is 1. The largest absolute Gasteiger partial charge is 0.367 e. The third kappa shape index (κ3) is 3.27. The smallest absolute Gasteiger partial charge is 0.266 e. The molecule has 2 aromatic heterocycles. The molecule has 0 saturated heterocycles. The molecule has 0 aliphatic heterocycles. The maximum absolute atomic E-state index is 11.9. The summed E-state index contributed by atoms with van der Waals surface area (Å²) in [6.45, 7) is 2.12. The molecule has 5 heteroatoms. The molecular weight excluding hydrogens is 312 g/mol. The fraction of sp³-hybridized carbons (Fsp3) is 0.350. The molecule has 4 rings (SSSR count). The molecule has 1 aliphatic carbocycles. The normalized spacial score (nSPS) is 20.5. The van der Waals surface area contributed by atoms with Gasteiger partial charge in [0.25, 0.3) is 5.56 Å². The summed E-state index contributed by atoms with van der Waals surface area (Å²) in [6.07, 6.45) is 5.64. The Morgan fingerprint density at radius 1 is 1.08 bits per heavy atom. The van der Waals surface area contributed by atoms with Crippen LogP contribution in [-0.4, -0.2) is 20.8 Å². The summed E-state index contributed by atoms with van der Waals surface area (Å²) >= 11 is 0. The number of aryl methyl sites for hydroxylation is 1.